The molecule has 1 heterocycles. The van der Waals surface area contributed by atoms with E-state index in [2.05, 4.69) is 0 Å². The molecule has 0 N–H and O–H groups in total. The van der Waals surface area contributed by atoms with Crippen LogP contribution < -0.4 is 4.74 Å². The molecule has 0 saturated carbocycles. The number of carbonyl (C=O) groups excluding carboxylic acids is 1. The zero-order valence-corrected chi connectivity index (χ0v) is 13.6. The molecule has 0 bridgehead atoms. The Kier molecular flexibility index (Phi) is 5.33. The van der Waals surface area contributed by atoms with Gasteiger partial charge in [-0.2, -0.15) is 0 Å². The first-order valence-electron chi connectivity index (χ1n) is 6.81. The summed E-state index contributed by atoms with van der Waals surface area (Å²) in [6.07, 6.45) is 3.05. The molecule has 5 heteroatoms. The average molecular weight is 319 g/mol. The summed E-state index contributed by atoms with van der Waals surface area (Å²) in [6, 6.07) is 6.62. The van der Waals surface area contributed by atoms with Crippen molar-refractivity contribution in [2.45, 2.75) is 13.5 Å². The molecule has 1 aromatic heterocycles. The van der Waals surface area contributed by atoms with E-state index in [1.54, 1.807) is 35.4 Å². The van der Waals surface area contributed by atoms with E-state index >= 15 is 0 Å². The van der Waals surface area contributed by atoms with E-state index in [0.29, 0.717) is 12.1 Å². The van der Waals surface area contributed by atoms with E-state index in [-0.39, 0.29) is 11.7 Å². The van der Waals surface area contributed by atoms with Crippen molar-refractivity contribution in [1.29, 1.82) is 0 Å². The third-order valence-electron chi connectivity index (χ3n) is 3.32. The third-order valence-corrected chi connectivity index (χ3v) is 4.33. The fraction of sp³-hybridized carbons (Fsp3) is 0.235. The lowest BCUT2D eigenvalue weighted by Crippen LogP contribution is -2.23. The molecule has 1 amide bonds. The zero-order valence-electron chi connectivity index (χ0n) is 12.8. The quantitative estimate of drug-likeness (QED) is 0.783. The summed E-state index contributed by atoms with van der Waals surface area (Å²) in [6.45, 7) is 2.60. The van der Waals surface area contributed by atoms with Crippen LogP contribution in [0.3, 0.4) is 0 Å². The van der Waals surface area contributed by atoms with Crippen molar-refractivity contribution >= 4 is 23.3 Å². The monoisotopic (exact) mass is 319 g/mol. The van der Waals surface area contributed by atoms with Crippen molar-refractivity contribution in [3.8, 4) is 5.75 Å². The Bertz CT molecular complexity index is 694. The highest BCUT2D eigenvalue weighted by Gasteiger charge is 2.09. The van der Waals surface area contributed by atoms with Gasteiger partial charge in [0.05, 0.1) is 13.7 Å². The number of aryl methyl sites for hydroxylation is 1. The Balaban J connectivity index is 2.01. The molecular weight excluding hydrogens is 301 g/mol. The number of carbonyl (C=O) groups is 1. The molecule has 0 radical (unpaired) electrons. The summed E-state index contributed by atoms with van der Waals surface area (Å²) in [5, 5.41) is 2.01. The highest BCUT2D eigenvalue weighted by Crippen LogP contribution is 2.19. The Morgan fingerprint density at radius 2 is 2.18 bits per heavy atom. The number of thiophene rings is 1. The van der Waals surface area contributed by atoms with Crippen LogP contribution in [-0.4, -0.2) is 25.0 Å². The van der Waals surface area contributed by atoms with Gasteiger partial charge in [0.2, 0.25) is 5.91 Å². The van der Waals surface area contributed by atoms with Crippen LogP contribution in [0.5, 0.6) is 5.75 Å². The van der Waals surface area contributed by atoms with E-state index in [0.717, 1.165) is 0 Å². The van der Waals surface area contributed by atoms with Gasteiger partial charge in [-0.25, -0.2) is 4.39 Å². The number of hydrogen-bond donors (Lipinski definition) is 0. The van der Waals surface area contributed by atoms with Gasteiger partial charge in [-0.15, -0.1) is 11.3 Å². The fourth-order valence-electron chi connectivity index (χ4n) is 1.94. The molecule has 0 unspecified atom stereocenters. The first-order chi connectivity index (χ1) is 10.5. The summed E-state index contributed by atoms with van der Waals surface area (Å²) < 4.78 is 18.4. The van der Waals surface area contributed by atoms with E-state index in [4.69, 9.17) is 4.74 Å². The number of methoxy groups -OCH3 is 1. The number of rotatable bonds is 5. The van der Waals surface area contributed by atoms with Crippen molar-refractivity contribution in [1.82, 2.24) is 4.90 Å². The minimum absolute atomic E-state index is 0.121. The molecule has 0 aliphatic heterocycles. The largest absolute Gasteiger partial charge is 0.494 e. The Hall–Kier alpha value is -2.14. The molecule has 2 rings (SSSR count). The number of benzene rings is 1. The average Bonchev–Trinajstić information content (AvgIpc) is 2.90. The second kappa shape index (κ2) is 7.22. The summed E-state index contributed by atoms with van der Waals surface area (Å²) in [5.41, 5.74) is 1.80. The van der Waals surface area contributed by atoms with Crippen molar-refractivity contribution in [3.05, 3.63) is 57.5 Å². The molecule has 0 spiro atoms. The molecular formula is C17H18FNO2S. The lowest BCUT2D eigenvalue weighted by atomic mass is 10.2. The number of likely N-dealkylation sites (N-methyl/N-ethyl adjacent to an activating group) is 1. The maximum absolute atomic E-state index is 13.6. The molecule has 0 saturated heterocycles. The Morgan fingerprint density at radius 1 is 1.41 bits per heavy atom. The smallest absolute Gasteiger partial charge is 0.246 e. The number of amides is 1. The highest BCUT2D eigenvalue weighted by atomic mass is 32.1. The van der Waals surface area contributed by atoms with Crippen LogP contribution in [0.4, 0.5) is 4.39 Å². The first-order valence-corrected chi connectivity index (χ1v) is 7.69. The van der Waals surface area contributed by atoms with E-state index in [1.807, 2.05) is 18.4 Å². The highest BCUT2D eigenvalue weighted by molar-refractivity contribution is 7.10. The van der Waals surface area contributed by atoms with Crippen molar-refractivity contribution in [2.75, 3.05) is 14.2 Å². The second-order valence-corrected chi connectivity index (χ2v) is 5.95. The van der Waals surface area contributed by atoms with Crippen molar-refractivity contribution in [2.24, 2.45) is 0 Å². The van der Waals surface area contributed by atoms with Crippen LogP contribution in [0.2, 0.25) is 0 Å². The second-order valence-electron chi connectivity index (χ2n) is 4.95. The minimum Gasteiger partial charge on any atom is -0.494 e. The molecule has 116 valence electrons. The van der Waals surface area contributed by atoms with E-state index in [9.17, 15) is 9.18 Å². The molecule has 22 heavy (non-hydrogen) atoms. The predicted octanol–water partition coefficient (Wildman–Crippen LogP) is 3.88. The van der Waals surface area contributed by atoms with E-state index in [1.165, 1.54) is 35.8 Å². The van der Waals surface area contributed by atoms with Gasteiger partial charge in [-0.1, -0.05) is 6.07 Å². The predicted molar refractivity (Wildman–Crippen MR) is 87.5 cm³/mol. The number of ether oxygens (including phenoxy) is 1. The lowest BCUT2D eigenvalue weighted by Gasteiger charge is -2.14. The van der Waals surface area contributed by atoms with Gasteiger partial charge in [-0.3, -0.25) is 4.79 Å². The van der Waals surface area contributed by atoms with Crippen molar-refractivity contribution in [3.63, 3.8) is 0 Å². The van der Waals surface area contributed by atoms with Crippen LogP contribution in [0.15, 0.2) is 35.7 Å². The Morgan fingerprint density at radius 3 is 2.77 bits per heavy atom. The SMILES string of the molecule is COc1ccc(/C=C/C(=O)N(C)Cc2sccc2C)cc1F. The molecule has 0 fully saturated rings. The number of nitrogens with zero attached hydrogens (tertiary/aromatic N) is 1. The first kappa shape index (κ1) is 16.2. The summed E-state index contributed by atoms with van der Waals surface area (Å²) in [5.74, 6) is -0.377. The maximum Gasteiger partial charge on any atom is 0.246 e. The van der Waals surface area contributed by atoms with Gasteiger partial charge >= 0.3 is 0 Å². The van der Waals surface area contributed by atoms with Gasteiger partial charge in [-0.05, 0) is 47.7 Å². The summed E-state index contributed by atoms with van der Waals surface area (Å²) in [4.78, 5) is 14.9. The van der Waals surface area contributed by atoms with Gasteiger partial charge in [0.25, 0.3) is 0 Å². The fourth-order valence-corrected chi connectivity index (χ4v) is 2.90. The number of hydrogen-bond acceptors (Lipinski definition) is 3. The molecule has 3 nitrogen and oxygen atoms in total. The van der Waals surface area contributed by atoms with Crippen LogP contribution >= 0.6 is 11.3 Å². The number of halogens is 1. The van der Waals surface area contributed by atoms with Crippen LogP contribution in [0.1, 0.15) is 16.0 Å². The van der Waals surface area contributed by atoms with Gasteiger partial charge in [0.15, 0.2) is 11.6 Å². The molecule has 1 aromatic carbocycles. The van der Waals surface area contributed by atoms with Gasteiger partial charge < -0.3 is 9.64 Å². The Labute approximate surface area is 133 Å². The van der Waals surface area contributed by atoms with E-state index < -0.39 is 5.82 Å². The van der Waals surface area contributed by atoms with Gasteiger partial charge in [0.1, 0.15) is 0 Å². The third kappa shape index (κ3) is 3.95. The molecule has 0 aliphatic carbocycles. The minimum atomic E-state index is -0.445. The van der Waals surface area contributed by atoms with Crippen LogP contribution in [0.25, 0.3) is 6.08 Å². The van der Waals surface area contributed by atoms with Crippen molar-refractivity contribution < 1.29 is 13.9 Å². The summed E-state index contributed by atoms with van der Waals surface area (Å²) >= 11 is 1.63. The van der Waals surface area contributed by atoms with Crippen LogP contribution in [0, 0.1) is 12.7 Å². The zero-order chi connectivity index (χ0) is 16.1. The summed E-state index contributed by atoms with van der Waals surface area (Å²) in [7, 11) is 3.17. The van der Waals surface area contributed by atoms with Gasteiger partial charge in [0, 0.05) is 18.0 Å². The normalized spacial score (nSPS) is 10.9. The van der Waals surface area contributed by atoms with Crippen LogP contribution in [-0.2, 0) is 11.3 Å². The molecule has 0 atom stereocenters. The molecule has 2 aromatic rings. The topological polar surface area (TPSA) is 29.5 Å². The lowest BCUT2D eigenvalue weighted by molar-refractivity contribution is -0.125. The maximum atomic E-state index is 13.6. The molecule has 0 aliphatic rings. The standard InChI is InChI=1S/C17H18FNO2S/c1-12-8-9-22-16(12)11-19(2)17(20)7-5-13-4-6-15(21-3)14(18)10-13/h4-10H,11H2,1-3H3/b7-5+.